The smallest absolute Gasteiger partial charge is 0.339 e. The van der Waals surface area contributed by atoms with Crippen molar-refractivity contribution < 1.29 is 28.8 Å². The van der Waals surface area contributed by atoms with Crippen molar-refractivity contribution in [3.8, 4) is 0 Å². The van der Waals surface area contributed by atoms with E-state index in [0.717, 1.165) is 0 Å². The lowest BCUT2D eigenvalue weighted by molar-refractivity contribution is -0.383. The fourth-order valence-electron chi connectivity index (χ4n) is 2.85. The van der Waals surface area contributed by atoms with Crippen molar-refractivity contribution in [2.75, 3.05) is 11.9 Å². The Bertz CT molecular complexity index is 981. The molecule has 0 aliphatic carbocycles. The van der Waals surface area contributed by atoms with E-state index in [9.17, 15) is 24.5 Å². The van der Waals surface area contributed by atoms with Crippen LogP contribution in [0.2, 0.25) is 0 Å². The second-order valence-electron chi connectivity index (χ2n) is 6.49. The van der Waals surface area contributed by atoms with Gasteiger partial charge in [0, 0.05) is 17.5 Å². The monoisotopic (exact) mass is 417 g/mol. The van der Waals surface area contributed by atoms with Gasteiger partial charge in [-0.2, -0.15) is 0 Å². The molecule has 0 fully saturated rings. The minimum absolute atomic E-state index is 0.00609. The molecule has 0 saturated carbocycles. The number of esters is 2. The van der Waals surface area contributed by atoms with Gasteiger partial charge in [-0.25, -0.2) is 4.79 Å². The Hall–Kier alpha value is -3.69. The van der Waals surface area contributed by atoms with Gasteiger partial charge in [0.15, 0.2) is 6.10 Å². The number of amides is 1. The number of nitro benzene ring substituents is 1. The maximum atomic E-state index is 12.3. The molecule has 0 unspecified atom stereocenters. The van der Waals surface area contributed by atoms with E-state index >= 15 is 0 Å². The topological polar surface area (TPSA) is 130 Å². The van der Waals surface area contributed by atoms with Gasteiger partial charge >= 0.3 is 11.9 Å². The Morgan fingerprint density at radius 1 is 1.23 bits per heavy atom. The van der Waals surface area contributed by atoms with E-state index in [4.69, 9.17) is 9.47 Å². The zero-order valence-electron chi connectivity index (χ0n) is 17.1. The Labute approximate surface area is 172 Å². The number of aryl methyl sites for hydroxylation is 1. The quantitative estimate of drug-likeness (QED) is 0.397. The normalized spacial score (nSPS) is 11.5. The molecule has 1 aromatic heterocycles. The highest BCUT2D eigenvalue weighted by Gasteiger charge is 2.23. The SMILES string of the molecule is CCOC(=O)c1cc(C)n(CC(=O)O[C@@H](C)C(=O)Nc2ccccc2[N+](=O)[O-])c1C. The van der Waals surface area contributed by atoms with Gasteiger partial charge < -0.3 is 19.4 Å². The molecule has 0 aliphatic heterocycles. The first-order valence-electron chi connectivity index (χ1n) is 9.23. The molecule has 10 heteroatoms. The van der Waals surface area contributed by atoms with E-state index in [1.165, 1.54) is 31.2 Å². The Balaban J connectivity index is 2.04. The fourth-order valence-corrected chi connectivity index (χ4v) is 2.85. The molecule has 0 bridgehead atoms. The highest BCUT2D eigenvalue weighted by molar-refractivity contribution is 5.97. The number of rotatable bonds is 8. The maximum Gasteiger partial charge on any atom is 0.339 e. The van der Waals surface area contributed by atoms with Crippen molar-refractivity contribution in [1.82, 2.24) is 4.57 Å². The van der Waals surface area contributed by atoms with Gasteiger partial charge in [0.1, 0.15) is 12.2 Å². The van der Waals surface area contributed by atoms with Gasteiger partial charge in [-0.15, -0.1) is 0 Å². The third kappa shape index (κ3) is 5.22. The largest absolute Gasteiger partial charge is 0.462 e. The maximum absolute atomic E-state index is 12.3. The highest BCUT2D eigenvalue weighted by Crippen LogP contribution is 2.23. The summed E-state index contributed by atoms with van der Waals surface area (Å²) in [7, 11) is 0. The molecule has 0 saturated heterocycles. The standard InChI is InChI=1S/C20H23N3O7/c1-5-29-20(26)15-10-12(2)22(13(15)3)11-18(24)30-14(4)19(25)21-16-8-6-7-9-17(16)23(27)28/h6-10,14H,5,11H2,1-4H3,(H,21,25)/t14-/m0/s1. The zero-order chi connectivity index (χ0) is 22.4. The first kappa shape index (κ1) is 22.6. The number of hydrogen-bond donors (Lipinski definition) is 1. The van der Waals surface area contributed by atoms with Gasteiger partial charge in [-0.05, 0) is 39.8 Å². The van der Waals surface area contributed by atoms with E-state index in [1.54, 1.807) is 31.4 Å². The van der Waals surface area contributed by atoms with E-state index in [-0.39, 0.29) is 24.5 Å². The molecule has 2 rings (SSSR count). The van der Waals surface area contributed by atoms with Crippen LogP contribution >= 0.6 is 0 Å². The summed E-state index contributed by atoms with van der Waals surface area (Å²) in [6, 6.07) is 7.27. The Morgan fingerprint density at radius 3 is 2.53 bits per heavy atom. The summed E-state index contributed by atoms with van der Waals surface area (Å²) >= 11 is 0. The molecule has 1 heterocycles. The number of benzene rings is 1. The van der Waals surface area contributed by atoms with Crippen LogP contribution in [0.4, 0.5) is 11.4 Å². The highest BCUT2D eigenvalue weighted by atomic mass is 16.6. The lowest BCUT2D eigenvalue weighted by Crippen LogP contribution is -2.31. The van der Waals surface area contributed by atoms with Crippen LogP contribution < -0.4 is 5.32 Å². The Morgan fingerprint density at radius 2 is 1.90 bits per heavy atom. The van der Waals surface area contributed by atoms with Crippen LogP contribution in [0, 0.1) is 24.0 Å². The van der Waals surface area contributed by atoms with Gasteiger partial charge in [0.25, 0.3) is 11.6 Å². The molecule has 1 amide bonds. The lowest BCUT2D eigenvalue weighted by atomic mass is 10.2. The molecular formula is C20H23N3O7. The van der Waals surface area contributed by atoms with Crippen molar-refractivity contribution in [1.29, 1.82) is 0 Å². The van der Waals surface area contributed by atoms with E-state index in [0.29, 0.717) is 17.0 Å². The number of aromatic nitrogens is 1. The Kier molecular flexibility index (Phi) is 7.29. The van der Waals surface area contributed by atoms with Crippen LogP contribution in [-0.2, 0) is 25.6 Å². The second kappa shape index (κ2) is 9.68. The van der Waals surface area contributed by atoms with Crippen LogP contribution in [0.3, 0.4) is 0 Å². The second-order valence-corrected chi connectivity index (χ2v) is 6.49. The van der Waals surface area contributed by atoms with Crippen molar-refractivity contribution in [2.45, 2.75) is 40.3 Å². The van der Waals surface area contributed by atoms with Gasteiger partial charge in [-0.3, -0.25) is 19.7 Å². The number of nitro groups is 1. The predicted octanol–water partition coefficient (Wildman–Crippen LogP) is 2.76. The third-order valence-corrected chi connectivity index (χ3v) is 4.39. The molecular weight excluding hydrogens is 394 g/mol. The van der Waals surface area contributed by atoms with Gasteiger partial charge in [-0.1, -0.05) is 12.1 Å². The molecule has 1 N–H and O–H groups in total. The number of para-hydroxylation sites is 2. The fraction of sp³-hybridized carbons (Fsp3) is 0.350. The summed E-state index contributed by atoms with van der Waals surface area (Å²) in [6.07, 6.45) is -1.18. The molecule has 30 heavy (non-hydrogen) atoms. The molecule has 2 aromatic rings. The summed E-state index contributed by atoms with van der Waals surface area (Å²) in [5, 5.41) is 13.4. The number of carbonyl (C=O) groups is 3. The third-order valence-electron chi connectivity index (χ3n) is 4.39. The molecule has 0 spiro atoms. The number of carbonyl (C=O) groups excluding carboxylic acids is 3. The van der Waals surface area contributed by atoms with Crippen LogP contribution in [0.15, 0.2) is 30.3 Å². The van der Waals surface area contributed by atoms with E-state index < -0.39 is 28.9 Å². The first-order valence-corrected chi connectivity index (χ1v) is 9.23. The van der Waals surface area contributed by atoms with Gasteiger partial charge in [0.2, 0.25) is 0 Å². The summed E-state index contributed by atoms with van der Waals surface area (Å²) in [4.78, 5) is 47.0. The van der Waals surface area contributed by atoms with Crippen molar-refractivity contribution in [3.05, 3.63) is 57.4 Å². The number of ether oxygens (including phenoxy) is 2. The number of hydrogen-bond acceptors (Lipinski definition) is 7. The van der Waals surface area contributed by atoms with Gasteiger partial charge in [0.05, 0.1) is 17.1 Å². The molecule has 160 valence electrons. The molecule has 0 radical (unpaired) electrons. The number of nitrogens with zero attached hydrogens (tertiary/aromatic N) is 2. The van der Waals surface area contributed by atoms with E-state index in [1.807, 2.05) is 0 Å². The minimum Gasteiger partial charge on any atom is -0.462 e. The number of nitrogens with one attached hydrogen (secondary N) is 1. The average molecular weight is 417 g/mol. The van der Waals surface area contributed by atoms with Crippen LogP contribution in [-0.4, -0.2) is 40.0 Å². The minimum atomic E-state index is -1.18. The average Bonchev–Trinajstić information content (AvgIpc) is 2.96. The number of anilines is 1. The van der Waals surface area contributed by atoms with Crippen LogP contribution in [0.25, 0.3) is 0 Å². The summed E-state index contributed by atoms with van der Waals surface area (Å²) < 4.78 is 11.7. The summed E-state index contributed by atoms with van der Waals surface area (Å²) in [5.74, 6) is -1.88. The van der Waals surface area contributed by atoms with Crippen molar-refractivity contribution in [2.24, 2.45) is 0 Å². The van der Waals surface area contributed by atoms with Crippen molar-refractivity contribution in [3.63, 3.8) is 0 Å². The zero-order valence-corrected chi connectivity index (χ0v) is 17.1. The molecule has 10 nitrogen and oxygen atoms in total. The van der Waals surface area contributed by atoms with Crippen LogP contribution in [0.5, 0.6) is 0 Å². The molecule has 0 aliphatic rings. The first-order chi connectivity index (χ1) is 14.1. The van der Waals surface area contributed by atoms with Crippen molar-refractivity contribution >= 4 is 29.2 Å². The lowest BCUT2D eigenvalue weighted by Gasteiger charge is -2.15. The summed E-state index contributed by atoms with van der Waals surface area (Å²) in [6.45, 7) is 6.49. The predicted molar refractivity (Wildman–Crippen MR) is 107 cm³/mol. The molecule has 1 atom stereocenters. The van der Waals surface area contributed by atoms with E-state index in [2.05, 4.69) is 5.32 Å². The van der Waals surface area contributed by atoms with Crippen LogP contribution in [0.1, 0.15) is 35.6 Å². The summed E-state index contributed by atoms with van der Waals surface area (Å²) in [5.41, 5.74) is 1.29. The molecule has 1 aromatic carbocycles.